The molecule has 8 heteroatoms. The van der Waals surface area contributed by atoms with E-state index in [1.807, 2.05) is 0 Å². The van der Waals surface area contributed by atoms with Crippen LogP contribution in [0.1, 0.15) is 5.69 Å². The molecule has 0 amide bonds. The number of nitrogen functional groups attached to an aromatic ring is 1. The quantitative estimate of drug-likeness (QED) is 0.832. The Kier molecular flexibility index (Phi) is 2.77. The van der Waals surface area contributed by atoms with Gasteiger partial charge in [0.05, 0.1) is 5.69 Å². The molecule has 0 fully saturated rings. The minimum absolute atomic E-state index is 0.0986. The van der Waals surface area contributed by atoms with Gasteiger partial charge in [0.1, 0.15) is 5.69 Å². The summed E-state index contributed by atoms with van der Waals surface area (Å²) in [4.78, 5) is 18.5. The largest absolute Gasteiger partial charge is 0.433 e. The van der Waals surface area contributed by atoms with E-state index in [2.05, 4.69) is 9.97 Å². The van der Waals surface area contributed by atoms with Crippen LogP contribution in [-0.2, 0) is 6.18 Å². The molecule has 0 bridgehead atoms. The van der Waals surface area contributed by atoms with Crippen molar-refractivity contribution < 1.29 is 13.2 Å². The highest BCUT2D eigenvalue weighted by molar-refractivity contribution is 5.36. The zero-order valence-corrected chi connectivity index (χ0v) is 8.85. The van der Waals surface area contributed by atoms with Gasteiger partial charge in [-0.1, -0.05) is 0 Å². The molecule has 2 rings (SSSR count). The van der Waals surface area contributed by atoms with Crippen LogP contribution in [0.4, 0.5) is 18.9 Å². The standard InChI is InChI=1S/C10H7F3N4O/c11-10(12,13)7-3-4-15-9(16-7)17-5-1-2-6(14)8(17)18/h1-5H,14H2. The Morgan fingerprint density at radius 3 is 2.67 bits per heavy atom. The molecule has 0 unspecified atom stereocenters. The third-order valence-electron chi connectivity index (χ3n) is 2.13. The Balaban J connectivity index is 2.59. The molecule has 0 radical (unpaired) electrons. The summed E-state index contributed by atoms with van der Waals surface area (Å²) in [7, 11) is 0. The molecule has 2 aromatic heterocycles. The molecule has 0 aromatic carbocycles. The molecule has 2 heterocycles. The van der Waals surface area contributed by atoms with Gasteiger partial charge in [0.2, 0.25) is 5.95 Å². The Hall–Kier alpha value is -2.38. The van der Waals surface area contributed by atoms with Crippen molar-refractivity contribution in [1.82, 2.24) is 14.5 Å². The lowest BCUT2D eigenvalue weighted by Crippen LogP contribution is -2.23. The average Bonchev–Trinajstić information content (AvgIpc) is 2.32. The van der Waals surface area contributed by atoms with E-state index in [4.69, 9.17) is 5.73 Å². The third kappa shape index (κ3) is 2.17. The zero-order valence-electron chi connectivity index (χ0n) is 8.85. The minimum Gasteiger partial charge on any atom is -0.394 e. The first-order chi connectivity index (χ1) is 8.39. The molecule has 18 heavy (non-hydrogen) atoms. The van der Waals surface area contributed by atoms with E-state index in [1.54, 1.807) is 0 Å². The number of pyridine rings is 1. The second-order valence-electron chi connectivity index (χ2n) is 3.38. The van der Waals surface area contributed by atoms with Crippen LogP contribution in [0.3, 0.4) is 0 Å². The van der Waals surface area contributed by atoms with Crippen molar-refractivity contribution in [3.05, 3.63) is 46.6 Å². The van der Waals surface area contributed by atoms with Crippen molar-refractivity contribution in [2.24, 2.45) is 0 Å². The number of aromatic nitrogens is 3. The Morgan fingerprint density at radius 1 is 1.28 bits per heavy atom. The number of alkyl halides is 3. The number of hydrogen-bond donors (Lipinski definition) is 1. The summed E-state index contributed by atoms with van der Waals surface area (Å²) in [5.74, 6) is -0.373. The molecule has 0 saturated carbocycles. The lowest BCUT2D eigenvalue weighted by Gasteiger charge is -2.08. The van der Waals surface area contributed by atoms with E-state index >= 15 is 0 Å². The summed E-state index contributed by atoms with van der Waals surface area (Å²) >= 11 is 0. The van der Waals surface area contributed by atoms with Crippen LogP contribution < -0.4 is 11.3 Å². The van der Waals surface area contributed by atoms with Crippen molar-refractivity contribution in [2.75, 3.05) is 5.73 Å². The maximum atomic E-state index is 12.5. The molecule has 0 aliphatic rings. The van der Waals surface area contributed by atoms with Gasteiger partial charge >= 0.3 is 6.18 Å². The summed E-state index contributed by atoms with van der Waals surface area (Å²) < 4.78 is 38.2. The summed E-state index contributed by atoms with van der Waals surface area (Å²) in [5, 5.41) is 0. The second-order valence-corrected chi connectivity index (χ2v) is 3.38. The van der Waals surface area contributed by atoms with E-state index in [-0.39, 0.29) is 11.6 Å². The maximum Gasteiger partial charge on any atom is 0.433 e. The van der Waals surface area contributed by atoms with Crippen LogP contribution in [0.15, 0.2) is 35.4 Å². The number of hydrogen-bond acceptors (Lipinski definition) is 4. The predicted octanol–water partition coefficient (Wildman–Crippen LogP) is 1.23. The van der Waals surface area contributed by atoms with Crippen LogP contribution in [0.2, 0.25) is 0 Å². The first-order valence-electron chi connectivity index (χ1n) is 4.77. The van der Waals surface area contributed by atoms with E-state index in [9.17, 15) is 18.0 Å². The van der Waals surface area contributed by atoms with Gasteiger partial charge in [0, 0.05) is 12.4 Å². The number of nitrogens with zero attached hydrogens (tertiary/aromatic N) is 3. The zero-order chi connectivity index (χ0) is 13.3. The van der Waals surface area contributed by atoms with Gasteiger partial charge < -0.3 is 5.73 Å². The number of anilines is 1. The Bertz CT molecular complexity index is 636. The smallest absolute Gasteiger partial charge is 0.394 e. The SMILES string of the molecule is Nc1cccn(-c2nccc(C(F)(F)F)n2)c1=O. The highest BCUT2D eigenvalue weighted by atomic mass is 19.4. The van der Waals surface area contributed by atoms with Gasteiger partial charge in [-0.25, -0.2) is 9.97 Å². The van der Waals surface area contributed by atoms with Crippen molar-refractivity contribution >= 4 is 5.69 Å². The number of halogens is 3. The first-order valence-corrected chi connectivity index (χ1v) is 4.77. The van der Waals surface area contributed by atoms with Gasteiger partial charge in [-0.2, -0.15) is 13.2 Å². The normalized spacial score (nSPS) is 11.5. The minimum atomic E-state index is -4.60. The Morgan fingerprint density at radius 2 is 2.00 bits per heavy atom. The molecule has 2 aromatic rings. The second kappa shape index (κ2) is 4.13. The molecular weight excluding hydrogens is 249 g/mol. The van der Waals surface area contributed by atoms with Crippen LogP contribution in [0, 0.1) is 0 Å². The van der Waals surface area contributed by atoms with Crippen LogP contribution in [0.25, 0.3) is 5.95 Å². The van der Waals surface area contributed by atoms with Gasteiger partial charge in [-0.3, -0.25) is 9.36 Å². The molecule has 94 valence electrons. The molecule has 5 nitrogen and oxygen atoms in total. The van der Waals surface area contributed by atoms with Crippen molar-refractivity contribution in [1.29, 1.82) is 0 Å². The third-order valence-corrected chi connectivity index (χ3v) is 2.13. The fourth-order valence-corrected chi connectivity index (χ4v) is 1.29. The average molecular weight is 256 g/mol. The van der Waals surface area contributed by atoms with Crippen LogP contribution in [-0.4, -0.2) is 14.5 Å². The van der Waals surface area contributed by atoms with E-state index in [1.165, 1.54) is 18.3 Å². The van der Waals surface area contributed by atoms with Gasteiger partial charge in [0.25, 0.3) is 5.56 Å². The lowest BCUT2D eigenvalue weighted by atomic mass is 10.4. The summed E-state index contributed by atoms with van der Waals surface area (Å²) in [6.07, 6.45) is -2.42. The fraction of sp³-hybridized carbons (Fsp3) is 0.100. The van der Waals surface area contributed by atoms with E-state index in [0.717, 1.165) is 16.8 Å². The topological polar surface area (TPSA) is 73.8 Å². The van der Waals surface area contributed by atoms with E-state index in [0.29, 0.717) is 0 Å². The first kappa shape index (κ1) is 12.1. The summed E-state index contributed by atoms with van der Waals surface area (Å²) in [6.45, 7) is 0. The lowest BCUT2D eigenvalue weighted by molar-refractivity contribution is -0.141. The van der Waals surface area contributed by atoms with Gasteiger partial charge in [0.15, 0.2) is 0 Å². The summed E-state index contributed by atoms with van der Waals surface area (Å²) in [6, 6.07) is 3.48. The molecule has 0 aliphatic carbocycles. The van der Waals surface area contributed by atoms with E-state index < -0.39 is 17.4 Å². The van der Waals surface area contributed by atoms with Crippen LogP contribution >= 0.6 is 0 Å². The molecule has 0 spiro atoms. The van der Waals surface area contributed by atoms with Gasteiger partial charge in [-0.05, 0) is 18.2 Å². The highest BCUT2D eigenvalue weighted by Gasteiger charge is 2.32. The van der Waals surface area contributed by atoms with Crippen LogP contribution in [0.5, 0.6) is 0 Å². The highest BCUT2D eigenvalue weighted by Crippen LogP contribution is 2.27. The fourth-order valence-electron chi connectivity index (χ4n) is 1.29. The Labute approximate surface area is 98.7 Å². The van der Waals surface area contributed by atoms with Crippen molar-refractivity contribution in [3.8, 4) is 5.95 Å². The maximum absolute atomic E-state index is 12.5. The van der Waals surface area contributed by atoms with Gasteiger partial charge in [-0.15, -0.1) is 0 Å². The molecule has 0 aliphatic heterocycles. The number of nitrogens with two attached hydrogens (primary N) is 1. The molecular formula is C10H7F3N4O. The van der Waals surface area contributed by atoms with Crippen molar-refractivity contribution in [2.45, 2.75) is 6.18 Å². The molecule has 0 atom stereocenters. The number of rotatable bonds is 1. The molecule has 2 N–H and O–H groups in total. The summed E-state index contributed by atoms with van der Waals surface area (Å²) in [5.41, 5.74) is 3.48. The predicted molar refractivity (Wildman–Crippen MR) is 57.0 cm³/mol. The van der Waals surface area contributed by atoms with Crippen molar-refractivity contribution in [3.63, 3.8) is 0 Å². The monoisotopic (exact) mass is 256 g/mol. The molecule has 0 saturated heterocycles.